The van der Waals surface area contributed by atoms with Crippen molar-refractivity contribution >= 4 is 5.97 Å². The number of methoxy groups -OCH3 is 1. The highest BCUT2D eigenvalue weighted by Crippen LogP contribution is 2.30. The number of likely N-dealkylation sites (N-methyl/N-ethyl adjacent to an activating group) is 1. The summed E-state index contributed by atoms with van der Waals surface area (Å²) in [7, 11) is 1.61. The van der Waals surface area contributed by atoms with Gasteiger partial charge in [0.05, 0.1) is 19.6 Å². The predicted molar refractivity (Wildman–Crippen MR) is 81.8 cm³/mol. The number of carboxylic acid groups (broad SMARTS) is 1. The van der Waals surface area contributed by atoms with Crippen LogP contribution in [0.25, 0.3) is 0 Å². The second-order valence-corrected chi connectivity index (χ2v) is 5.36. The minimum Gasteiger partial charge on any atom is -0.496 e. The van der Waals surface area contributed by atoms with Crippen molar-refractivity contribution in [2.45, 2.75) is 45.3 Å². The van der Waals surface area contributed by atoms with Crippen LogP contribution >= 0.6 is 0 Å². The molecule has 0 fully saturated rings. The lowest BCUT2D eigenvalue weighted by molar-refractivity contribution is -0.138. The Balaban J connectivity index is 3.06. The second kappa shape index (κ2) is 8.00. The minimum absolute atomic E-state index is 0.127. The number of aliphatic carboxylic acids is 1. The second-order valence-electron chi connectivity index (χ2n) is 5.36. The summed E-state index contributed by atoms with van der Waals surface area (Å²) in [6.45, 7) is 6.58. The number of hydrogen-bond donors (Lipinski definition) is 3. The van der Waals surface area contributed by atoms with Gasteiger partial charge in [0.25, 0.3) is 0 Å². The summed E-state index contributed by atoms with van der Waals surface area (Å²) >= 11 is 0. The number of carbonyl (C=O) groups is 1. The molecule has 0 saturated carbocycles. The van der Waals surface area contributed by atoms with E-state index in [9.17, 15) is 9.90 Å². The topological polar surface area (TPSA) is 78.8 Å². The lowest BCUT2D eigenvalue weighted by Crippen LogP contribution is -2.36. The van der Waals surface area contributed by atoms with E-state index in [4.69, 9.17) is 9.84 Å². The molecule has 0 bridgehead atoms. The third-order valence-corrected chi connectivity index (χ3v) is 3.46. The molecule has 0 aliphatic rings. The average molecular weight is 295 g/mol. The lowest BCUT2D eigenvalue weighted by atomic mass is 9.94. The minimum atomic E-state index is -0.933. The zero-order valence-corrected chi connectivity index (χ0v) is 13.1. The van der Waals surface area contributed by atoms with E-state index in [1.807, 2.05) is 32.9 Å². The zero-order chi connectivity index (χ0) is 16.0. The molecule has 2 atom stereocenters. The van der Waals surface area contributed by atoms with E-state index in [1.165, 1.54) is 0 Å². The van der Waals surface area contributed by atoms with E-state index in [1.54, 1.807) is 13.2 Å². The van der Waals surface area contributed by atoms with Gasteiger partial charge in [0, 0.05) is 6.04 Å². The summed E-state index contributed by atoms with van der Waals surface area (Å²) in [5, 5.41) is 22.5. The first-order chi connectivity index (χ1) is 9.90. The van der Waals surface area contributed by atoms with Crippen molar-refractivity contribution in [3.05, 3.63) is 29.3 Å². The largest absolute Gasteiger partial charge is 0.496 e. The Labute approximate surface area is 125 Å². The van der Waals surface area contributed by atoms with Crippen LogP contribution in [0.1, 0.15) is 50.3 Å². The Morgan fingerprint density at radius 2 is 2.05 bits per heavy atom. The Bertz CT molecular complexity index is 473. The van der Waals surface area contributed by atoms with Gasteiger partial charge in [-0.1, -0.05) is 26.8 Å². The van der Waals surface area contributed by atoms with Gasteiger partial charge in [-0.05, 0) is 35.7 Å². The first-order valence-electron chi connectivity index (χ1n) is 7.21. The van der Waals surface area contributed by atoms with Crippen LogP contribution in [0.4, 0.5) is 0 Å². The third kappa shape index (κ3) is 4.72. The predicted octanol–water partition coefficient (Wildman–Crippen LogP) is 2.30. The van der Waals surface area contributed by atoms with Gasteiger partial charge in [-0.25, -0.2) is 0 Å². The molecule has 0 saturated heterocycles. The molecule has 5 nitrogen and oxygen atoms in total. The first kappa shape index (κ1) is 17.5. The smallest absolute Gasteiger partial charge is 0.305 e. The van der Waals surface area contributed by atoms with Crippen LogP contribution in [0.2, 0.25) is 0 Å². The zero-order valence-electron chi connectivity index (χ0n) is 13.1. The van der Waals surface area contributed by atoms with Crippen LogP contribution in [-0.2, 0) is 4.79 Å². The summed E-state index contributed by atoms with van der Waals surface area (Å²) in [6, 6.07) is 4.97. The number of aliphatic hydroxyl groups is 1. The van der Waals surface area contributed by atoms with Gasteiger partial charge in [-0.3, -0.25) is 4.79 Å². The molecule has 21 heavy (non-hydrogen) atoms. The number of benzene rings is 1. The van der Waals surface area contributed by atoms with Gasteiger partial charge in [0.15, 0.2) is 0 Å². The molecule has 0 heterocycles. The number of nitrogens with one attached hydrogen (secondary N) is 1. The quantitative estimate of drug-likeness (QED) is 0.686. The standard InChI is InChI=1S/C16H25NO4/c1-5-17-13(9-15(18)19)16(20)11-6-7-14(21-4)12(8-11)10(2)3/h6-8,10,13,16-17,20H,5,9H2,1-4H3,(H,18,19). The van der Waals surface area contributed by atoms with Gasteiger partial charge in [0.2, 0.25) is 0 Å². The number of aliphatic hydroxyl groups excluding tert-OH is 1. The highest BCUT2D eigenvalue weighted by Gasteiger charge is 2.24. The molecule has 5 heteroatoms. The van der Waals surface area contributed by atoms with Crippen LogP contribution in [0.3, 0.4) is 0 Å². The van der Waals surface area contributed by atoms with Crippen molar-refractivity contribution in [1.29, 1.82) is 0 Å². The molecule has 1 aromatic rings. The van der Waals surface area contributed by atoms with Gasteiger partial charge in [-0.2, -0.15) is 0 Å². The molecule has 0 aromatic heterocycles. The fraction of sp³-hybridized carbons (Fsp3) is 0.562. The number of ether oxygens (including phenoxy) is 1. The van der Waals surface area contributed by atoms with Crippen LogP contribution in [-0.4, -0.2) is 35.9 Å². The SMILES string of the molecule is CCNC(CC(=O)O)C(O)c1ccc(OC)c(C(C)C)c1. The number of rotatable bonds is 8. The van der Waals surface area contributed by atoms with Crippen molar-refractivity contribution in [3.63, 3.8) is 0 Å². The van der Waals surface area contributed by atoms with E-state index in [2.05, 4.69) is 5.32 Å². The van der Waals surface area contributed by atoms with Gasteiger partial charge >= 0.3 is 5.97 Å². The van der Waals surface area contributed by atoms with Gasteiger partial charge < -0.3 is 20.3 Å². The third-order valence-electron chi connectivity index (χ3n) is 3.46. The van der Waals surface area contributed by atoms with E-state index in [-0.39, 0.29) is 12.3 Å². The van der Waals surface area contributed by atoms with E-state index in [0.29, 0.717) is 12.1 Å². The Hall–Kier alpha value is -1.59. The molecule has 0 spiro atoms. The molecular weight excluding hydrogens is 270 g/mol. The fourth-order valence-electron chi connectivity index (χ4n) is 2.37. The molecule has 0 aliphatic heterocycles. The molecule has 0 radical (unpaired) electrons. The molecule has 0 aliphatic carbocycles. The van der Waals surface area contributed by atoms with Crippen LogP contribution < -0.4 is 10.1 Å². The molecule has 1 aromatic carbocycles. The Morgan fingerprint density at radius 3 is 2.52 bits per heavy atom. The summed E-state index contributed by atoms with van der Waals surface area (Å²) in [5.41, 5.74) is 1.70. The van der Waals surface area contributed by atoms with E-state index >= 15 is 0 Å². The normalized spacial score (nSPS) is 14.0. The van der Waals surface area contributed by atoms with Gasteiger partial charge in [-0.15, -0.1) is 0 Å². The summed E-state index contributed by atoms with van der Waals surface area (Å²) in [6.07, 6.45) is -0.998. The first-order valence-corrected chi connectivity index (χ1v) is 7.21. The highest BCUT2D eigenvalue weighted by atomic mass is 16.5. The molecule has 1 rings (SSSR count). The van der Waals surface area contributed by atoms with Crippen LogP contribution in [0, 0.1) is 0 Å². The number of hydrogen-bond acceptors (Lipinski definition) is 4. The number of carboxylic acids is 1. The maximum Gasteiger partial charge on any atom is 0.305 e. The molecule has 3 N–H and O–H groups in total. The molecule has 2 unspecified atom stereocenters. The Morgan fingerprint density at radius 1 is 1.38 bits per heavy atom. The van der Waals surface area contributed by atoms with Crippen LogP contribution in [0.15, 0.2) is 18.2 Å². The van der Waals surface area contributed by atoms with E-state index < -0.39 is 18.1 Å². The van der Waals surface area contributed by atoms with E-state index in [0.717, 1.165) is 11.3 Å². The maximum atomic E-state index is 10.9. The van der Waals surface area contributed by atoms with Crippen molar-refractivity contribution < 1.29 is 19.7 Å². The van der Waals surface area contributed by atoms with Crippen molar-refractivity contribution in [3.8, 4) is 5.75 Å². The average Bonchev–Trinajstić information content (AvgIpc) is 2.44. The van der Waals surface area contributed by atoms with Crippen molar-refractivity contribution in [1.82, 2.24) is 5.32 Å². The van der Waals surface area contributed by atoms with Crippen LogP contribution in [0.5, 0.6) is 5.75 Å². The van der Waals surface area contributed by atoms with Crippen molar-refractivity contribution in [2.75, 3.05) is 13.7 Å². The monoisotopic (exact) mass is 295 g/mol. The molecule has 118 valence electrons. The maximum absolute atomic E-state index is 10.9. The van der Waals surface area contributed by atoms with Crippen molar-refractivity contribution in [2.24, 2.45) is 0 Å². The Kier molecular flexibility index (Phi) is 6.65. The fourth-order valence-corrected chi connectivity index (χ4v) is 2.37. The lowest BCUT2D eigenvalue weighted by Gasteiger charge is -2.24. The summed E-state index contributed by atoms with van der Waals surface area (Å²) in [5.74, 6) is 0.0981. The highest BCUT2D eigenvalue weighted by molar-refractivity contribution is 5.67. The summed E-state index contributed by atoms with van der Waals surface area (Å²) < 4.78 is 5.32. The summed E-state index contributed by atoms with van der Waals surface area (Å²) in [4.78, 5) is 10.9. The van der Waals surface area contributed by atoms with Gasteiger partial charge in [0.1, 0.15) is 5.75 Å². The molecular formula is C16H25NO4. The molecule has 0 amide bonds.